The van der Waals surface area contributed by atoms with E-state index in [2.05, 4.69) is 39.7 Å². The van der Waals surface area contributed by atoms with Crippen LogP contribution in [0.15, 0.2) is 30.3 Å². The van der Waals surface area contributed by atoms with Gasteiger partial charge in [-0.05, 0) is 31.0 Å². The van der Waals surface area contributed by atoms with Crippen molar-refractivity contribution in [2.24, 2.45) is 0 Å². The minimum atomic E-state index is 0.491. The second-order valence-electron chi connectivity index (χ2n) is 4.49. The Balaban J connectivity index is 2.15. The summed E-state index contributed by atoms with van der Waals surface area (Å²) < 4.78 is 0. The van der Waals surface area contributed by atoms with Crippen molar-refractivity contribution in [3.63, 3.8) is 0 Å². The number of nitrogens with one attached hydrogen (secondary N) is 2. The van der Waals surface area contributed by atoms with E-state index in [-0.39, 0.29) is 0 Å². The lowest BCUT2D eigenvalue weighted by atomic mass is 10.1. The van der Waals surface area contributed by atoms with E-state index in [1.807, 2.05) is 18.3 Å². The number of rotatable bonds is 5. The van der Waals surface area contributed by atoms with E-state index in [9.17, 15) is 0 Å². The Kier molecular flexibility index (Phi) is 4.51. The maximum Gasteiger partial charge on any atom is 0.182 e. The second kappa shape index (κ2) is 6.53. The summed E-state index contributed by atoms with van der Waals surface area (Å²) in [4.78, 5) is 8.42. The van der Waals surface area contributed by atoms with Crippen LogP contribution in [0.2, 0.25) is 0 Å². The molecule has 102 valence electrons. The molecule has 20 heavy (non-hydrogen) atoms. The van der Waals surface area contributed by atoms with Gasteiger partial charge in [-0.2, -0.15) is 5.26 Å². The van der Waals surface area contributed by atoms with Crippen LogP contribution in [0.1, 0.15) is 24.7 Å². The number of aromatic nitrogens is 2. The molecular weight excluding hydrogens is 250 g/mol. The maximum absolute atomic E-state index is 8.63. The molecule has 2 rings (SSSR count). The predicted molar refractivity (Wildman–Crippen MR) is 79.7 cm³/mol. The summed E-state index contributed by atoms with van der Waals surface area (Å²) in [6.07, 6.45) is 4.08. The quantitative estimate of drug-likeness (QED) is 0.641. The standard InChI is InChI=1S/C15H17N5/c1-3-4-12-5-7-13(8-6-12)20-15-9-14(17-10-16)18-11(2)19-15/h5-9H,3-4H2,1-2H3,(H2,17,18,19,20). The molecule has 0 aliphatic heterocycles. The third-order valence-corrected chi connectivity index (χ3v) is 2.79. The minimum Gasteiger partial charge on any atom is -0.340 e. The lowest BCUT2D eigenvalue weighted by molar-refractivity contribution is 0.922. The fourth-order valence-corrected chi connectivity index (χ4v) is 1.94. The molecule has 2 aromatic rings. The molecular formula is C15H17N5. The summed E-state index contributed by atoms with van der Waals surface area (Å²) in [7, 11) is 0. The fraction of sp³-hybridized carbons (Fsp3) is 0.267. The summed E-state index contributed by atoms with van der Waals surface area (Å²) in [5.74, 6) is 1.76. The van der Waals surface area contributed by atoms with E-state index in [0.717, 1.165) is 18.5 Å². The first-order valence-electron chi connectivity index (χ1n) is 6.58. The number of nitrogens with zero attached hydrogens (tertiary/aromatic N) is 3. The summed E-state index contributed by atoms with van der Waals surface area (Å²) in [6.45, 7) is 3.96. The van der Waals surface area contributed by atoms with Gasteiger partial charge in [-0.3, -0.25) is 5.32 Å². The predicted octanol–water partition coefficient (Wildman–Crippen LogP) is 3.37. The maximum atomic E-state index is 8.63. The number of aryl methyl sites for hydroxylation is 2. The number of nitriles is 1. The smallest absolute Gasteiger partial charge is 0.182 e. The van der Waals surface area contributed by atoms with Gasteiger partial charge in [-0.25, -0.2) is 9.97 Å². The van der Waals surface area contributed by atoms with Gasteiger partial charge in [-0.15, -0.1) is 0 Å². The van der Waals surface area contributed by atoms with Crippen LogP contribution in [0, 0.1) is 18.4 Å². The second-order valence-corrected chi connectivity index (χ2v) is 4.49. The molecule has 0 aliphatic rings. The molecule has 0 aliphatic carbocycles. The average molecular weight is 267 g/mol. The molecule has 1 aromatic carbocycles. The van der Waals surface area contributed by atoms with E-state index in [0.29, 0.717) is 17.5 Å². The van der Waals surface area contributed by atoms with Gasteiger partial charge in [0.2, 0.25) is 0 Å². The SMILES string of the molecule is CCCc1ccc(Nc2cc(NC#N)nc(C)n2)cc1. The van der Waals surface area contributed by atoms with Crippen LogP contribution in [0.25, 0.3) is 0 Å². The molecule has 5 heteroatoms. The van der Waals surface area contributed by atoms with Crippen molar-refractivity contribution in [3.05, 3.63) is 41.7 Å². The van der Waals surface area contributed by atoms with Crippen molar-refractivity contribution in [2.75, 3.05) is 10.6 Å². The van der Waals surface area contributed by atoms with Crippen molar-refractivity contribution in [1.82, 2.24) is 9.97 Å². The molecule has 0 amide bonds. The number of benzene rings is 1. The van der Waals surface area contributed by atoms with Gasteiger partial charge >= 0.3 is 0 Å². The molecule has 1 heterocycles. The molecule has 0 radical (unpaired) electrons. The van der Waals surface area contributed by atoms with Gasteiger partial charge in [0.1, 0.15) is 17.5 Å². The lowest BCUT2D eigenvalue weighted by Gasteiger charge is -2.08. The summed E-state index contributed by atoms with van der Waals surface area (Å²) in [6, 6.07) is 9.97. The molecule has 1 aromatic heterocycles. The Labute approximate surface area is 118 Å². The Morgan fingerprint density at radius 2 is 1.85 bits per heavy atom. The van der Waals surface area contributed by atoms with Gasteiger partial charge < -0.3 is 5.32 Å². The summed E-state index contributed by atoms with van der Waals surface area (Å²) in [5, 5.41) is 14.4. The molecule has 5 nitrogen and oxygen atoms in total. The lowest BCUT2D eigenvalue weighted by Crippen LogP contribution is -2.01. The van der Waals surface area contributed by atoms with Crippen molar-refractivity contribution < 1.29 is 0 Å². The van der Waals surface area contributed by atoms with Crippen molar-refractivity contribution >= 4 is 17.3 Å². The topological polar surface area (TPSA) is 73.6 Å². The molecule has 2 N–H and O–H groups in total. The first kappa shape index (κ1) is 13.8. The highest BCUT2D eigenvalue weighted by molar-refractivity contribution is 5.60. The van der Waals surface area contributed by atoms with Gasteiger partial charge in [0.25, 0.3) is 0 Å². The van der Waals surface area contributed by atoms with Gasteiger partial charge in [-0.1, -0.05) is 25.5 Å². The third-order valence-electron chi connectivity index (χ3n) is 2.79. The fourth-order valence-electron chi connectivity index (χ4n) is 1.94. The normalized spacial score (nSPS) is 9.85. The van der Waals surface area contributed by atoms with E-state index in [1.165, 1.54) is 5.56 Å². The Bertz CT molecular complexity index is 613. The van der Waals surface area contributed by atoms with Crippen LogP contribution < -0.4 is 10.6 Å². The molecule has 0 unspecified atom stereocenters. The van der Waals surface area contributed by atoms with Gasteiger partial charge in [0, 0.05) is 11.8 Å². The van der Waals surface area contributed by atoms with Crippen LogP contribution in [0.3, 0.4) is 0 Å². The van der Waals surface area contributed by atoms with E-state index in [4.69, 9.17) is 5.26 Å². The van der Waals surface area contributed by atoms with Crippen LogP contribution in [-0.4, -0.2) is 9.97 Å². The molecule has 0 spiro atoms. The highest BCUT2D eigenvalue weighted by Crippen LogP contribution is 2.18. The highest BCUT2D eigenvalue weighted by Gasteiger charge is 2.02. The first-order chi connectivity index (χ1) is 9.71. The Hall–Kier alpha value is -2.61. The molecule has 0 saturated carbocycles. The molecule has 0 bridgehead atoms. The Morgan fingerprint density at radius 3 is 2.50 bits per heavy atom. The average Bonchev–Trinajstić information content (AvgIpc) is 2.41. The van der Waals surface area contributed by atoms with Gasteiger partial charge in [0.05, 0.1) is 0 Å². The van der Waals surface area contributed by atoms with Crippen LogP contribution in [0.4, 0.5) is 17.3 Å². The van der Waals surface area contributed by atoms with Crippen LogP contribution in [-0.2, 0) is 6.42 Å². The largest absolute Gasteiger partial charge is 0.340 e. The zero-order chi connectivity index (χ0) is 14.4. The minimum absolute atomic E-state index is 0.491. The molecule has 0 atom stereocenters. The first-order valence-corrected chi connectivity index (χ1v) is 6.58. The number of hydrogen-bond donors (Lipinski definition) is 2. The van der Waals surface area contributed by atoms with Crippen LogP contribution in [0.5, 0.6) is 0 Å². The van der Waals surface area contributed by atoms with E-state index in [1.54, 1.807) is 13.0 Å². The van der Waals surface area contributed by atoms with Gasteiger partial charge in [0.15, 0.2) is 6.19 Å². The van der Waals surface area contributed by atoms with E-state index >= 15 is 0 Å². The zero-order valence-corrected chi connectivity index (χ0v) is 11.6. The summed E-state index contributed by atoms with van der Waals surface area (Å²) in [5.41, 5.74) is 2.29. The summed E-state index contributed by atoms with van der Waals surface area (Å²) >= 11 is 0. The number of anilines is 3. The molecule has 0 saturated heterocycles. The van der Waals surface area contributed by atoms with Crippen LogP contribution >= 0.6 is 0 Å². The zero-order valence-electron chi connectivity index (χ0n) is 11.6. The monoisotopic (exact) mass is 267 g/mol. The van der Waals surface area contributed by atoms with Crippen molar-refractivity contribution in [1.29, 1.82) is 5.26 Å². The van der Waals surface area contributed by atoms with Crippen molar-refractivity contribution in [2.45, 2.75) is 26.7 Å². The molecule has 0 fully saturated rings. The Morgan fingerprint density at radius 1 is 1.15 bits per heavy atom. The van der Waals surface area contributed by atoms with E-state index < -0.39 is 0 Å². The van der Waals surface area contributed by atoms with Crippen molar-refractivity contribution in [3.8, 4) is 6.19 Å². The number of hydrogen-bond acceptors (Lipinski definition) is 5. The highest BCUT2D eigenvalue weighted by atomic mass is 15.1. The third kappa shape index (κ3) is 3.69.